The first-order chi connectivity index (χ1) is 25.0. The van der Waals surface area contributed by atoms with Gasteiger partial charge in [-0.15, -0.1) is 39.7 Å². The Morgan fingerprint density at radius 2 is 0.788 bits per heavy atom. The van der Waals surface area contributed by atoms with Gasteiger partial charge in [0.1, 0.15) is 0 Å². The van der Waals surface area contributed by atoms with Crippen molar-refractivity contribution in [3.05, 3.63) is 193 Å². The fourth-order valence-corrected chi connectivity index (χ4v) is 10.6. The predicted molar refractivity (Wildman–Crippen MR) is 225 cm³/mol. The van der Waals surface area contributed by atoms with Crippen LogP contribution >= 0.6 is 0 Å². The van der Waals surface area contributed by atoms with Gasteiger partial charge in [0.25, 0.3) is 0 Å². The maximum Gasteiger partial charge on any atom is -0.172 e. The van der Waals surface area contributed by atoms with Crippen molar-refractivity contribution < 1.29 is 23.3 Å². The van der Waals surface area contributed by atoms with Crippen LogP contribution in [0.1, 0.15) is 52.7 Å². The van der Waals surface area contributed by atoms with Crippen LogP contribution in [0.15, 0.2) is 182 Å². The summed E-state index contributed by atoms with van der Waals surface area (Å²) in [6, 6.07) is 65.4. The predicted octanol–water partition coefficient (Wildman–Crippen LogP) is 12.4. The molecule has 8 aromatic rings. The molecule has 0 aliphatic rings. The molecule has 0 aliphatic carbocycles. The van der Waals surface area contributed by atoms with Crippen molar-refractivity contribution in [1.29, 1.82) is 0 Å². The third-order valence-corrected chi connectivity index (χ3v) is 15.5. The van der Waals surface area contributed by atoms with E-state index in [9.17, 15) is 0 Å². The first-order valence-corrected chi connectivity index (χ1v) is 23.4. The Morgan fingerprint density at radius 1 is 0.442 bits per heavy atom. The summed E-state index contributed by atoms with van der Waals surface area (Å²) in [4.78, 5) is 0. The minimum atomic E-state index is -0.455. The van der Waals surface area contributed by atoms with E-state index in [1.165, 1.54) is 65.3 Å². The van der Waals surface area contributed by atoms with E-state index in [0.29, 0.717) is 0 Å². The van der Waals surface area contributed by atoms with Gasteiger partial charge in [0.15, 0.2) is 0 Å². The van der Waals surface area contributed by atoms with Gasteiger partial charge in [-0.1, -0.05) is 114 Å². The zero-order valence-electron chi connectivity index (χ0n) is 31.3. The van der Waals surface area contributed by atoms with Gasteiger partial charge in [-0.05, 0) is 44.2 Å². The largest absolute Gasteiger partial charge is 0.214 e. The van der Waals surface area contributed by atoms with E-state index in [-0.39, 0.29) is 10.8 Å². The van der Waals surface area contributed by atoms with Crippen molar-refractivity contribution in [2.45, 2.75) is 52.4 Å². The fourth-order valence-electron chi connectivity index (χ4n) is 6.76. The van der Waals surface area contributed by atoms with E-state index < -0.39 is 5.43 Å². The Balaban J connectivity index is 0.000000199. The molecule has 52 heavy (non-hydrogen) atoms. The molecule has 8 rings (SSSR count). The van der Waals surface area contributed by atoms with Crippen molar-refractivity contribution in [2.24, 2.45) is 0 Å². The topological polar surface area (TPSA) is 0 Å². The fraction of sp³-hybridized carbons (Fsp3) is 0.160. The van der Waals surface area contributed by atoms with E-state index in [0.717, 1.165) is 0 Å². The van der Waals surface area contributed by atoms with Crippen LogP contribution in [-0.2, 0) is 34.2 Å². The molecule has 0 aromatic heterocycles. The molecule has 2 heteroatoms. The van der Waals surface area contributed by atoms with E-state index in [4.69, 9.17) is 0 Å². The molecule has 0 spiro atoms. The maximum atomic E-state index is 2.45. The zero-order valence-corrected chi connectivity index (χ0v) is 34.8. The molecule has 256 valence electrons. The van der Waals surface area contributed by atoms with Crippen molar-refractivity contribution in [1.82, 2.24) is 0 Å². The molecule has 0 heterocycles. The molecule has 0 bridgehead atoms. The number of hydrogen-bond donors (Lipinski definition) is 0. The minimum Gasteiger partial charge on any atom is -0.214 e. The van der Waals surface area contributed by atoms with Crippen LogP contribution in [0.3, 0.4) is 0 Å². The Labute approximate surface area is 326 Å². The quantitative estimate of drug-likeness (QED) is 0.124. The SMILES string of the molecule is CC(C)(C)c1cc2c(cc1-c1ccccc1)[cH-]c1cc(-c3ccccc3)c(C(C)(C)C)cc12.[Zr+2]=[Si](c1ccccc1)c1ccccc1.c1cc[cH-]c1. The average molecular weight is 768 g/mol. The van der Waals surface area contributed by atoms with Gasteiger partial charge in [0.05, 0.1) is 0 Å². The molecule has 0 radical (unpaired) electrons. The molecule has 0 nitrogen and oxygen atoms in total. The molecule has 0 amide bonds. The second-order valence-electron chi connectivity index (χ2n) is 15.4. The third kappa shape index (κ3) is 8.98. The van der Waals surface area contributed by atoms with Gasteiger partial charge >= 0.3 is 99.8 Å². The number of fused-ring (bicyclic) bond motifs is 3. The summed E-state index contributed by atoms with van der Waals surface area (Å²) < 4.78 is 0. The van der Waals surface area contributed by atoms with Crippen LogP contribution in [0.5, 0.6) is 0 Å². The van der Waals surface area contributed by atoms with E-state index >= 15 is 0 Å². The van der Waals surface area contributed by atoms with Crippen LogP contribution in [-0.4, -0.2) is 5.43 Å². The number of benzene rings is 6. The third-order valence-electron chi connectivity index (χ3n) is 9.45. The molecular formula is C50H48SiZr. The van der Waals surface area contributed by atoms with Crippen LogP contribution in [0.25, 0.3) is 43.8 Å². The molecule has 0 fully saturated rings. The van der Waals surface area contributed by atoms with Gasteiger partial charge in [-0.25, -0.2) is 12.1 Å². The Hall–Kier alpha value is -4.36. The molecule has 0 N–H and O–H groups in total. The zero-order chi connectivity index (χ0) is 36.7. The summed E-state index contributed by atoms with van der Waals surface area (Å²) >= 11 is 1.64. The summed E-state index contributed by atoms with van der Waals surface area (Å²) in [5, 5.41) is 8.40. The van der Waals surface area contributed by atoms with Crippen LogP contribution < -0.4 is 10.4 Å². The summed E-state index contributed by atoms with van der Waals surface area (Å²) in [6.07, 6.45) is 0. The van der Waals surface area contributed by atoms with Gasteiger partial charge in [-0.2, -0.15) is 18.2 Å². The van der Waals surface area contributed by atoms with Crippen molar-refractivity contribution in [2.75, 3.05) is 0 Å². The second kappa shape index (κ2) is 16.5. The first kappa shape index (κ1) is 37.4. The van der Waals surface area contributed by atoms with Gasteiger partial charge in [-0.3, -0.25) is 0 Å². The summed E-state index contributed by atoms with van der Waals surface area (Å²) in [5.74, 6) is 0. The van der Waals surface area contributed by atoms with E-state index in [2.05, 4.69) is 193 Å². The van der Waals surface area contributed by atoms with E-state index in [1.54, 1.807) is 23.3 Å². The molecular weight excluding hydrogens is 720 g/mol. The second-order valence-corrected chi connectivity index (χ2v) is 21.0. The monoisotopic (exact) mass is 766 g/mol. The number of hydrogen-bond acceptors (Lipinski definition) is 0. The molecule has 0 saturated heterocycles. The molecule has 0 aliphatic heterocycles. The molecule has 0 unspecified atom stereocenters. The van der Waals surface area contributed by atoms with Crippen molar-refractivity contribution in [3.63, 3.8) is 0 Å². The smallest absolute Gasteiger partial charge is 0.172 e. The molecule has 0 atom stereocenters. The Morgan fingerprint density at radius 3 is 1.10 bits per heavy atom. The van der Waals surface area contributed by atoms with Crippen molar-refractivity contribution >= 4 is 37.4 Å². The summed E-state index contributed by atoms with van der Waals surface area (Å²) in [5.41, 5.74) is 7.71. The van der Waals surface area contributed by atoms with Gasteiger partial charge in [0, 0.05) is 0 Å². The van der Waals surface area contributed by atoms with Crippen LogP contribution in [0.2, 0.25) is 0 Å². The molecule has 0 saturated carbocycles. The Bertz CT molecular complexity index is 2170. The normalized spacial score (nSPS) is 11.4. The Kier molecular flexibility index (Phi) is 11.9. The number of rotatable bonds is 4. The maximum absolute atomic E-state index is 2.45. The minimum absolute atomic E-state index is 0.0554. The first-order valence-electron chi connectivity index (χ1n) is 18.2. The van der Waals surface area contributed by atoms with Crippen LogP contribution in [0, 0.1) is 0 Å². The van der Waals surface area contributed by atoms with Gasteiger partial charge < -0.3 is 0 Å². The van der Waals surface area contributed by atoms with Gasteiger partial charge in [0.2, 0.25) is 0 Å². The molecule has 8 aromatic carbocycles. The van der Waals surface area contributed by atoms with Crippen molar-refractivity contribution in [3.8, 4) is 22.3 Å². The summed E-state index contributed by atoms with van der Waals surface area (Å²) in [7, 11) is 0. The summed E-state index contributed by atoms with van der Waals surface area (Å²) in [6.45, 7) is 13.9. The average Bonchev–Trinajstić information content (AvgIpc) is 3.86. The van der Waals surface area contributed by atoms with E-state index in [1.807, 2.05) is 30.3 Å². The van der Waals surface area contributed by atoms with Crippen LogP contribution in [0.4, 0.5) is 0 Å². The standard InChI is InChI=1S/C33H33.C12H10Si.C5H5.Zr/c1-32(2,3)30-20-26-24(18-28(30)22-13-9-7-10-14-22)17-25-19-29(23-15-11-8-12-16-23)31(21-27(25)26)33(4,5)6;1-3-7-11(8-4-1)13-12-9-5-2-6-10-12;1-2-4-5-3-1;/h7-21H,1-6H3;1-10H;1-5H;/q-1;;-1;+2.